The number of carbonyl (C=O) groups is 2. The molecule has 1 aliphatic rings. The molecule has 2 aromatic carbocycles. The molecular weight excluding hydrogens is 399 g/mol. The second-order valence-electron chi connectivity index (χ2n) is 6.29. The van der Waals surface area contributed by atoms with E-state index in [2.05, 4.69) is 5.32 Å². The number of nitrogens with zero attached hydrogens (tertiary/aromatic N) is 1. The second-order valence-corrected chi connectivity index (χ2v) is 7.57. The van der Waals surface area contributed by atoms with Gasteiger partial charge in [0.05, 0.1) is 16.4 Å². The van der Waals surface area contributed by atoms with Crippen LogP contribution in [0.2, 0.25) is 15.1 Å². The van der Waals surface area contributed by atoms with Crippen molar-refractivity contribution in [3.63, 3.8) is 0 Å². The van der Waals surface area contributed by atoms with Gasteiger partial charge in [0, 0.05) is 10.0 Å². The monoisotopic (exact) mass is 412 g/mol. The van der Waals surface area contributed by atoms with E-state index >= 15 is 0 Å². The smallest absolute Gasteiger partial charge is 0.271 e. The van der Waals surface area contributed by atoms with Crippen molar-refractivity contribution in [3.8, 4) is 5.75 Å². The molecule has 0 spiro atoms. The Kier molecular flexibility index (Phi) is 5.06. The van der Waals surface area contributed by atoms with E-state index in [4.69, 9.17) is 39.5 Å². The molecule has 0 radical (unpaired) electrons. The molecule has 3 rings (SSSR count). The zero-order chi connectivity index (χ0) is 19.1. The predicted molar refractivity (Wildman–Crippen MR) is 104 cm³/mol. The number of halogens is 3. The van der Waals surface area contributed by atoms with Crippen LogP contribution in [0.15, 0.2) is 36.4 Å². The van der Waals surface area contributed by atoms with Crippen LogP contribution >= 0.6 is 34.8 Å². The number of anilines is 2. The van der Waals surface area contributed by atoms with Gasteiger partial charge in [-0.05, 0) is 50.2 Å². The number of nitrogens with one attached hydrogen (secondary N) is 1. The lowest BCUT2D eigenvalue weighted by atomic mass is 10.0. The summed E-state index contributed by atoms with van der Waals surface area (Å²) in [5.74, 6) is -0.271. The van der Waals surface area contributed by atoms with Gasteiger partial charge in [0.1, 0.15) is 12.3 Å². The predicted octanol–water partition coefficient (Wildman–Crippen LogP) is 4.79. The summed E-state index contributed by atoms with van der Waals surface area (Å²) in [6, 6.07) is 9.66. The van der Waals surface area contributed by atoms with Gasteiger partial charge in [-0.25, -0.2) is 0 Å². The van der Waals surface area contributed by atoms with Crippen molar-refractivity contribution in [2.24, 2.45) is 0 Å². The first kappa shape index (κ1) is 18.8. The highest BCUT2D eigenvalue weighted by molar-refractivity contribution is 6.36. The number of benzene rings is 2. The van der Waals surface area contributed by atoms with Gasteiger partial charge in [-0.1, -0.05) is 34.8 Å². The van der Waals surface area contributed by atoms with Gasteiger partial charge in [0.15, 0.2) is 5.60 Å². The van der Waals surface area contributed by atoms with Crippen LogP contribution in [0, 0.1) is 0 Å². The van der Waals surface area contributed by atoms with Gasteiger partial charge in [0.2, 0.25) is 5.91 Å². The van der Waals surface area contributed by atoms with E-state index in [1.807, 2.05) is 0 Å². The highest BCUT2D eigenvalue weighted by Crippen LogP contribution is 2.39. The third-order valence-corrected chi connectivity index (χ3v) is 4.63. The summed E-state index contributed by atoms with van der Waals surface area (Å²) in [5.41, 5.74) is -0.245. The molecule has 8 heteroatoms. The first-order chi connectivity index (χ1) is 12.2. The highest BCUT2D eigenvalue weighted by atomic mass is 35.5. The number of hydrogen-bond acceptors (Lipinski definition) is 3. The Balaban J connectivity index is 1.87. The van der Waals surface area contributed by atoms with Gasteiger partial charge >= 0.3 is 0 Å². The summed E-state index contributed by atoms with van der Waals surface area (Å²) in [6.07, 6.45) is 0. The average Bonchev–Trinajstić information content (AvgIpc) is 2.55. The molecule has 26 heavy (non-hydrogen) atoms. The molecule has 0 saturated carbocycles. The Hall–Kier alpha value is -1.95. The lowest BCUT2D eigenvalue weighted by Gasteiger charge is -2.38. The van der Waals surface area contributed by atoms with Crippen LogP contribution in [-0.4, -0.2) is 24.0 Å². The number of hydrogen-bond donors (Lipinski definition) is 1. The molecular formula is C18H15Cl3N2O3. The molecule has 0 atom stereocenters. The zero-order valence-electron chi connectivity index (χ0n) is 14.0. The fourth-order valence-corrected chi connectivity index (χ4v) is 3.24. The standard InChI is InChI=1S/C18H15Cl3N2O3/c1-18(2)17(25)23(14-8-11(20)4-6-15(14)26-18)9-16(24)22-13-5-3-10(19)7-12(13)21/h3-8H,9H2,1-2H3,(H,22,24). The normalized spacial score (nSPS) is 15.3. The molecule has 136 valence electrons. The van der Waals surface area contributed by atoms with Gasteiger partial charge < -0.3 is 10.1 Å². The Labute approximate surface area is 165 Å². The van der Waals surface area contributed by atoms with E-state index in [9.17, 15) is 9.59 Å². The first-order valence-corrected chi connectivity index (χ1v) is 8.86. The Morgan fingerprint density at radius 1 is 1.12 bits per heavy atom. The van der Waals surface area contributed by atoms with Crippen LogP contribution in [0.3, 0.4) is 0 Å². The number of fused-ring (bicyclic) bond motifs is 1. The first-order valence-electron chi connectivity index (χ1n) is 7.73. The molecule has 0 fully saturated rings. The molecule has 0 aromatic heterocycles. The molecule has 1 aliphatic heterocycles. The van der Waals surface area contributed by atoms with Crippen molar-refractivity contribution in [1.29, 1.82) is 0 Å². The van der Waals surface area contributed by atoms with Crippen LogP contribution in [0.4, 0.5) is 11.4 Å². The lowest BCUT2D eigenvalue weighted by molar-refractivity contribution is -0.133. The van der Waals surface area contributed by atoms with Crippen LogP contribution in [-0.2, 0) is 9.59 Å². The lowest BCUT2D eigenvalue weighted by Crippen LogP contribution is -2.54. The molecule has 1 heterocycles. The number of rotatable bonds is 3. The van der Waals surface area contributed by atoms with E-state index in [0.717, 1.165) is 0 Å². The van der Waals surface area contributed by atoms with Crippen molar-refractivity contribution in [3.05, 3.63) is 51.5 Å². The summed E-state index contributed by atoms with van der Waals surface area (Å²) in [4.78, 5) is 26.6. The maximum absolute atomic E-state index is 12.8. The number of ether oxygens (including phenoxy) is 1. The van der Waals surface area contributed by atoms with E-state index in [0.29, 0.717) is 32.2 Å². The molecule has 0 saturated heterocycles. The van der Waals surface area contributed by atoms with Gasteiger partial charge in [-0.2, -0.15) is 0 Å². The van der Waals surface area contributed by atoms with Crippen LogP contribution in [0.5, 0.6) is 5.75 Å². The summed E-state index contributed by atoms with van der Waals surface area (Å²) in [6.45, 7) is 3.08. The van der Waals surface area contributed by atoms with Gasteiger partial charge in [-0.15, -0.1) is 0 Å². The summed E-state index contributed by atoms with van der Waals surface area (Å²) < 4.78 is 5.73. The fourth-order valence-electron chi connectivity index (χ4n) is 2.62. The van der Waals surface area contributed by atoms with Crippen molar-refractivity contribution in [2.75, 3.05) is 16.8 Å². The Bertz CT molecular complexity index is 899. The minimum absolute atomic E-state index is 0.210. The summed E-state index contributed by atoms with van der Waals surface area (Å²) >= 11 is 18.0. The van der Waals surface area contributed by atoms with Gasteiger partial charge in [0.25, 0.3) is 5.91 Å². The maximum Gasteiger partial charge on any atom is 0.271 e. The molecule has 0 bridgehead atoms. The number of amides is 2. The molecule has 2 aromatic rings. The van der Waals surface area contributed by atoms with E-state index in [-0.39, 0.29) is 12.5 Å². The highest BCUT2D eigenvalue weighted by Gasteiger charge is 2.41. The molecule has 0 aliphatic carbocycles. The van der Waals surface area contributed by atoms with E-state index < -0.39 is 11.5 Å². The van der Waals surface area contributed by atoms with Gasteiger partial charge in [-0.3, -0.25) is 14.5 Å². The van der Waals surface area contributed by atoms with Crippen molar-refractivity contribution < 1.29 is 14.3 Å². The van der Waals surface area contributed by atoms with Crippen LogP contribution < -0.4 is 15.0 Å². The molecule has 0 unspecified atom stereocenters. The second kappa shape index (κ2) is 6.99. The van der Waals surface area contributed by atoms with Crippen LogP contribution in [0.25, 0.3) is 0 Å². The minimum atomic E-state index is -1.10. The molecule has 2 amide bonds. The zero-order valence-corrected chi connectivity index (χ0v) is 16.2. The fraction of sp³-hybridized carbons (Fsp3) is 0.222. The Morgan fingerprint density at radius 3 is 2.46 bits per heavy atom. The Morgan fingerprint density at radius 2 is 1.77 bits per heavy atom. The summed E-state index contributed by atoms with van der Waals surface area (Å²) in [5, 5.41) is 3.89. The molecule has 1 N–H and O–H groups in total. The van der Waals surface area contributed by atoms with E-state index in [1.54, 1.807) is 44.2 Å². The maximum atomic E-state index is 12.8. The molecule has 5 nitrogen and oxygen atoms in total. The number of carbonyl (C=O) groups excluding carboxylic acids is 2. The van der Waals surface area contributed by atoms with E-state index in [1.165, 1.54) is 11.0 Å². The minimum Gasteiger partial charge on any atom is -0.476 e. The SMILES string of the molecule is CC1(C)Oc2ccc(Cl)cc2N(CC(=O)Nc2ccc(Cl)cc2Cl)C1=O. The average molecular weight is 414 g/mol. The third kappa shape index (κ3) is 3.75. The summed E-state index contributed by atoms with van der Waals surface area (Å²) in [7, 11) is 0. The van der Waals surface area contributed by atoms with Crippen molar-refractivity contribution in [1.82, 2.24) is 0 Å². The quantitative estimate of drug-likeness (QED) is 0.787. The third-order valence-electron chi connectivity index (χ3n) is 3.84. The largest absolute Gasteiger partial charge is 0.476 e. The topological polar surface area (TPSA) is 58.6 Å². The van der Waals surface area contributed by atoms with Crippen molar-refractivity contribution in [2.45, 2.75) is 19.4 Å². The van der Waals surface area contributed by atoms with Crippen LogP contribution in [0.1, 0.15) is 13.8 Å². The van der Waals surface area contributed by atoms with Crippen molar-refractivity contribution >= 4 is 58.0 Å².